The summed E-state index contributed by atoms with van der Waals surface area (Å²) in [5.41, 5.74) is -0.261. The molecule has 5 heteroatoms. The molecule has 2 nitrogen and oxygen atoms in total. The summed E-state index contributed by atoms with van der Waals surface area (Å²) in [6.45, 7) is 16.0. The molecule has 0 spiro atoms. The van der Waals surface area contributed by atoms with Gasteiger partial charge >= 0.3 is 0 Å². The normalized spacial score (nSPS) is 14.1. The Labute approximate surface area is 126 Å². The maximum absolute atomic E-state index is 6.65. The van der Waals surface area contributed by atoms with Crippen molar-refractivity contribution in [1.29, 1.82) is 0 Å². The van der Waals surface area contributed by atoms with Crippen molar-refractivity contribution < 1.29 is 8.85 Å². The van der Waals surface area contributed by atoms with Crippen molar-refractivity contribution >= 4 is 26.9 Å². The molecule has 0 amide bonds. The Morgan fingerprint density at radius 2 is 0.895 bits per heavy atom. The second-order valence-electron chi connectivity index (χ2n) is 6.09. The highest BCUT2D eigenvalue weighted by molar-refractivity contribution is 6.75. The molecule has 0 rings (SSSR count). The molecule has 0 bridgehead atoms. The number of hydrogen-bond acceptors (Lipinski definition) is 2. The van der Waals surface area contributed by atoms with Gasteiger partial charge in [0.15, 0.2) is 16.6 Å². The lowest BCUT2D eigenvalue weighted by Crippen LogP contribution is -2.53. The molecule has 0 aromatic heterocycles. The van der Waals surface area contributed by atoms with Crippen LogP contribution in [0.15, 0.2) is 0 Å². The molecular weight excluding hydrogens is 284 g/mol. The standard InChI is InChI=1S/C14H36O2Si3/c1-8-18(9-2,10-3)15-14(7,17)16-19(11-4,12-5)13-6/h8-13H2,1-7,17H3. The van der Waals surface area contributed by atoms with E-state index in [1.165, 1.54) is 36.3 Å². The number of hydrogen-bond donors (Lipinski definition) is 0. The smallest absolute Gasteiger partial charge is 0.195 e. The molecule has 0 heterocycles. The molecule has 0 saturated heterocycles. The molecule has 0 saturated carbocycles. The third-order valence-corrected chi connectivity index (χ3v) is 15.6. The van der Waals surface area contributed by atoms with Gasteiger partial charge in [0.25, 0.3) is 0 Å². The first-order chi connectivity index (χ1) is 8.78. The van der Waals surface area contributed by atoms with Gasteiger partial charge in [0.1, 0.15) is 5.41 Å². The van der Waals surface area contributed by atoms with E-state index in [0.29, 0.717) is 0 Å². The first kappa shape index (κ1) is 19.6. The maximum Gasteiger partial charge on any atom is 0.195 e. The summed E-state index contributed by atoms with van der Waals surface area (Å²) in [7, 11) is -2.16. The lowest BCUT2D eigenvalue weighted by Gasteiger charge is -2.44. The van der Waals surface area contributed by atoms with Crippen LogP contribution < -0.4 is 0 Å². The third-order valence-electron chi connectivity index (χ3n) is 4.79. The van der Waals surface area contributed by atoms with E-state index >= 15 is 0 Å². The summed E-state index contributed by atoms with van der Waals surface area (Å²) in [5, 5.41) is 0. The van der Waals surface area contributed by atoms with Crippen molar-refractivity contribution in [1.82, 2.24) is 0 Å². The quantitative estimate of drug-likeness (QED) is 0.446. The van der Waals surface area contributed by atoms with Crippen LogP contribution in [0.4, 0.5) is 0 Å². The van der Waals surface area contributed by atoms with Crippen molar-refractivity contribution in [2.45, 2.75) is 90.1 Å². The SMILES string of the molecule is CC[Si](CC)(CC)OC(C)([SiH3])O[Si](CC)(CC)CC. The molecule has 0 aliphatic heterocycles. The highest BCUT2D eigenvalue weighted by Crippen LogP contribution is 2.32. The zero-order valence-corrected chi connectivity index (χ0v) is 18.6. The van der Waals surface area contributed by atoms with Crippen molar-refractivity contribution in [3.8, 4) is 0 Å². The lowest BCUT2D eigenvalue weighted by atomic mass is 10.8. The fraction of sp³-hybridized carbons (Fsp3) is 1.00. The molecule has 0 aliphatic carbocycles. The Morgan fingerprint density at radius 1 is 0.684 bits per heavy atom. The van der Waals surface area contributed by atoms with E-state index in [2.05, 4.69) is 48.5 Å². The first-order valence-corrected chi connectivity index (χ1v) is 14.2. The van der Waals surface area contributed by atoms with Crippen LogP contribution in [0.25, 0.3) is 0 Å². The predicted molar refractivity (Wildman–Crippen MR) is 94.9 cm³/mol. The van der Waals surface area contributed by atoms with Crippen LogP contribution in [-0.4, -0.2) is 32.3 Å². The minimum Gasteiger partial charge on any atom is -0.395 e. The van der Waals surface area contributed by atoms with Crippen LogP contribution in [0.3, 0.4) is 0 Å². The highest BCUT2D eigenvalue weighted by atomic mass is 28.4. The largest absolute Gasteiger partial charge is 0.395 e. The van der Waals surface area contributed by atoms with E-state index in [0.717, 1.165) is 10.2 Å². The molecule has 0 aliphatic rings. The molecule has 0 aromatic carbocycles. The monoisotopic (exact) mass is 320 g/mol. The Balaban J connectivity index is 4.96. The van der Waals surface area contributed by atoms with Crippen LogP contribution in [0.2, 0.25) is 36.3 Å². The van der Waals surface area contributed by atoms with Crippen molar-refractivity contribution in [3.05, 3.63) is 0 Å². The Morgan fingerprint density at radius 3 is 1.05 bits per heavy atom. The zero-order chi connectivity index (χ0) is 15.2. The molecule has 116 valence electrons. The molecule has 0 unspecified atom stereocenters. The zero-order valence-electron chi connectivity index (χ0n) is 14.6. The van der Waals surface area contributed by atoms with Crippen LogP contribution in [0.1, 0.15) is 48.5 Å². The fourth-order valence-electron chi connectivity index (χ4n) is 3.00. The van der Waals surface area contributed by atoms with Crippen molar-refractivity contribution in [2.75, 3.05) is 0 Å². The van der Waals surface area contributed by atoms with Gasteiger partial charge in [-0.05, 0) is 43.2 Å². The molecular formula is C14H36O2Si3. The van der Waals surface area contributed by atoms with Crippen LogP contribution in [0.5, 0.6) is 0 Å². The van der Waals surface area contributed by atoms with E-state index in [1.54, 1.807) is 0 Å². The van der Waals surface area contributed by atoms with Crippen LogP contribution in [-0.2, 0) is 8.85 Å². The predicted octanol–water partition coefficient (Wildman–Crippen LogP) is 4.07. The summed E-state index contributed by atoms with van der Waals surface area (Å²) >= 11 is 0. The van der Waals surface area contributed by atoms with Gasteiger partial charge in [-0.1, -0.05) is 41.5 Å². The Bertz CT molecular complexity index is 209. The van der Waals surface area contributed by atoms with Gasteiger partial charge in [0.2, 0.25) is 0 Å². The summed E-state index contributed by atoms with van der Waals surface area (Å²) < 4.78 is 13.3. The second kappa shape index (κ2) is 8.12. The minimum absolute atomic E-state index is 0.261. The van der Waals surface area contributed by atoms with Gasteiger partial charge in [0, 0.05) is 0 Å². The minimum atomic E-state index is -1.56. The van der Waals surface area contributed by atoms with E-state index in [-0.39, 0.29) is 5.41 Å². The summed E-state index contributed by atoms with van der Waals surface area (Å²) in [6, 6.07) is 7.25. The summed E-state index contributed by atoms with van der Waals surface area (Å²) in [5.74, 6) is 0. The van der Waals surface area contributed by atoms with E-state index in [1.807, 2.05) is 0 Å². The van der Waals surface area contributed by atoms with Gasteiger partial charge in [-0.2, -0.15) is 0 Å². The first-order valence-electron chi connectivity index (χ1n) is 8.18. The van der Waals surface area contributed by atoms with Gasteiger partial charge in [-0.15, -0.1) is 0 Å². The van der Waals surface area contributed by atoms with E-state index in [9.17, 15) is 0 Å². The van der Waals surface area contributed by atoms with Crippen LogP contribution >= 0.6 is 0 Å². The van der Waals surface area contributed by atoms with Gasteiger partial charge in [0.05, 0.1) is 10.2 Å². The van der Waals surface area contributed by atoms with E-state index in [4.69, 9.17) is 8.85 Å². The van der Waals surface area contributed by atoms with Gasteiger partial charge in [-0.25, -0.2) is 0 Å². The second-order valence-corrected chi connectivity index (χ2v) is 17.3. The van der Waals surface area contributed by atoms with E-state index < -0.39 is 16.6 Å². The molecule has 0 radical (unpaired) electrons. The lowest BCUT2D eigenvalue weighted by molar-refractivity contribution is -0.0407. The average Bonchev–Trinajstić information content (AvgIpc) is 2.42. The molecule has 0 N–H and O–H groups in total. The maximum atomic E-state index is 6.65. The van der Waals surface area contributed by atoms with Crippen LogP contribution in [0, 0.1) is 0 Å². The summed E-state index contributed by atoms with van der Waals surface area (Å²) in [4.78, 5) is 0. The molecule has 19 heavy (non-hydrogen) atoms. The Hall–Kier alpha value is 0.571. The third kappa shape index (κ3) is 5.46. The van der Waals surface area contributed by atoms with Crippen molar-refractivity contribution in [3.63, 3.8) is 0 Å². The fourth-order valence-corrected chi connectivity index (χ4v) is 11.7. The Kier molecular flexibility index (Phi) is 8.36. The van der Waals surface area contributed by atoms with Crippen molar-refractivity contribution in [2.24, 2.45) is 0 Å². The topological polar surface area (TPSA) is 18.5 Å². The number of rotatable bonds is 10. The highest BCUT2D eigenvalue weighted by Gasteiger charge is 2.41. The van der Waals surface area contributed by atoms with Gasteiger partial charge < -0.3 is 8.85 Å². The molecule has 0 atom stereocenters. The molecule has 0 fully saturated rings. The summed E-state index contributed by atoms with van der Waals surface area (Å²) in [6.07, 6.45) is 0. The van der Waals surface area contributed by atoms with Gasteiger partial charge in [-0.3, -0.25) is 0 Å². The molecule has 0 aromatic rings. The average molecular weight is 321 g/mol.